The lowest BCUT2D eigenvalue weighted by Gasteiger charge is -2.41. The van der Waals surface area contributed by atoms with E-state index in [-0.39, 0.29) is 40.2 Å². The number of hydrazine groups is 2. The maximum Gasteiger partial charge on any atom is 0.358 e. The molecule has 2 aliphatic rings. The van der Waals surface area contributed by atoms with Gasteiger partial charge in [0.1, 0.15) is 12.3 Å². The molecule has 2 aliphatic heterocycles. The number of carbonyl (C=O) groups excluding carboxylic acids is 4. The molecule has 0 saturated carbocycles. The van der Waals surface area contributed by atoms with Gasteiger partial charge in [0, 0.05) is 18.5 Å². The molecule has 2 saturated heterocycles. The van der Waals surface area contributed by atoms with Gasteiger partial charge in [-0.1, -0.05) is 23.2 Å². The van der Waals surface area contributed by atoms with Crippen molar-refractivity contribution in [3.8, 4) is 5.75 Å². The van der Waals surface area contributed by atoms with Crippen LogP contribution in [0.25, 0.3) is 0 Å². The SMILES string of the molecule is COc1c(Cl)cc(C(=O)NN2CCC(=O)N3CCC[C@@H](C=O)N3C2=O)cc1Cl. The van der Waals surface area contributed by atoms with Gasteiger partial charge < -0.3 is 9.53 Å². The average Bonchev–Trinajstić information content (AvgIpc) is 2.79. The third kappa shape index (κ3) is 3.72. The van der Waals surface area contributed by atoms with Crippen molar-refractivity contribution >= 4 is 47.3 Å². The number of carbonyl (C=O) groups is 4. The van der Waals surface area contributed by atoms with Gasteiger partial charge in [-0.05, 0) is 25.0 Å². The number of nitrogens with one attached hydrogen (secondary N) is 1. The maximum atomic E-state index is 12.9. The Labute approximate surface area is 171 Å². The van der Waals surface area contributed by atoms with Gasteiger partial charge in [-0.15, -0.1) is 0 Å². The molecule has 11 heteroatoms. The molecule has 1 N–H and O–H groups in total. The molecule has 1 aromatic rings. The highest BCUT2D eigenvalue weighted by Crippen LogP contribution is 2.33. The molecule has 0 unspecified atom stereocenters. The summed E-state index contributed by atoms with van der Waals surface area (Å²) in [6.07, 6.45) is 1.71. The van der Waals surface area contributed by atoms with Crippen LogP contribution in [0.5, 0.6) is 5.75 Å². The molecule has 2 heterocycles. The van der Waals surface area contributed by atoms with E-state index in [1.54, 1.807) is 0 Å². The molecule has 1 aromatic carbocycles. The number of fused-ring (bicyclic) bond motifs is 1. The third-order valence-corrected chi connectivity index (χ3v) is 5.13. The fourth-order valence-corrected chi connectivity index (χ4v) is 3.85. The number of nitrogens with zero attached hydrogens (tertiary/aromatic N) is 3. The number of hydrogen-bond donors (Lipinski definition) is 1. The second kappa shape index (κ2) is 8.24. The summed E-state index contributed by atoms with van der Waals surface area (Å²) < 4.78 is 5.05. The predicted octanol–water partition coefficient (Wildman–Crippen LogP) is 1.88. The van der Waals surface area contributed by atoms with Gasteiger partial charge in [-0.3, -0.25) is 15.0 Å². The zero-order valence-corrected chi connectivity index (χ0v) is 16.5. The highest BCUT2D eigenvalue weighted by atomic mass is 35.5. The van der Waals surface area contributed by atoms with Crippen molar-refractivity contribution in [2.45, 2.75) is 25.3 Å². The second-order valence-electron chi connectivity index (χ2n) is 6.31. The number of ether oxygens (including phenoxy) is 1. The Hall–Kier alpha value is -2.52. The van der Waals surface area contributed by atoms with Gasteiger partial charge in [-0.25, -0.2) is 19.8 Å². The number of benzene rings is 1. The molecule has 0 radical (unpaired) electrons. The summed E-state index contributed by atoms with van der Waals surface area (Å²) in [5.41, 5.74) is 2.58. The van der Waals surface area contributed by atoms with E-state index in [1.165, 1.54) is 24.3 Å². The zero-order valence-electron chi connectivity index (χ0n) is 15.0. The molecule has 0 aliphatic carbocycles. The molecule has 28 heavy (non-hydrogen) atoms. The number of amides is 4. The summed E-state index contributed by atoms with van der Waals surface area (Å²) in [6, 6.07) is 1.31. The van der Waals surface area contributed by atoms with E-state index in [0.29, 0.717) is 25.7 Å². The largest absolute Gasteiger partial charge is 0.494 e. The third-order valence-electron chi connectivity index (χ3n) is 4.57. The number of hydrogen-bond acceptors (Lipinski definition) is 5. The lowest BCUT2D eigenvalue weighted by molar-refractivity contribution is -0.151. The van der Waals surface area contributed by atoms with Crippen molar-refractivity contribution in [2.75, 3.05) is 20.2 Å². The molecule has 0 bridgehead atoms. The molecule has 150 valence electrons. The Morgan fingerprint density at radius 2 is 1.93 bits per heavy atom. The van der Waals surface area contributed by atoms with E-state index < -0.39 is 18.0 Å². The van der Waals surface area contributed by atoms with E-state index in [0.717, 1.165) is 10.0 Å². The van der Waals surface area contributed by atoms with Gasteiger partial charge in [-0.2, -0.15) is 0 Å². The minimum Gasteiger partial charge on any atom is -0.494 e. The molecule has 0 aromatic heterocycles. The first-order valence-electron chi connectivity index (χ1n) is 8.57. The number of methoxy groups -OCH3 is 1. The zero-order chi connectivity index (χ0) is 20.4. The molecule has 2 fully saturated rings. The van der Waals surface area contributed by atoms with Crippen LogP contribution in [-0.2, 0) is 9.59 Å². The molecule has 1 atom stereocenters. The Balaban J connectivity index is 1.83. The quantitative estimate of drug-likeness (QED) is 0.737. The Bertz CT molecular complexity index is 811. The first-order chi connectivity index (χ1) is 13.4. The van der Waals surface area contributed by atoms with Crippen LogP contribution in [0.4, 0.5) is 4.79 Å². The van der Waals surface area contributed by atoms with Crippen molar-refractivity contribution in [2.24, 2.45) is 0 Å². The lowest BCUT2D eigenvalue weighted by atomic mass is 10.1. The summed E-state index contributed by atoms with van der Waals surface area (Å²) in [7, 11) is 1.40. The second-order valence-corrected chi connectivity index (χ2v) is 7.12. The summed E-state index contributed by atoms with van der Waals surface area (Å²) in [6.45, 7) is 0.319. The fraction of sp³-hybridized carbons (Fsp3) is 0.412. The van der Waals surface area contributed by atoms with Gasteiger partial charge >= 0.3 is 6.03 Å². The molecule has 3 rings (SSSR count). The molecule has 4 amide bonds. The minimum absolute atomic E-state index is 0.0121. The monoisotopic (exact) mass is 428 g/mol. The van der Waals surface area contributed by atoms with Gasteiger partial charge in [0.25, 0.3) is 5.91 Å². The van der Waals surface area contributed by atoms with Crippen LogP contribution in [0.15, 0.2) is 12.1 Å². The number of rotatable bonds is 4. The van der Waals surface area contributed by atoms with Crippen molar-refractivity contribution in [1.82, 2.24) is 20.5 Å². The summed E-state index contributed by atoms with van der Waals surface area (Å²) in [4.78, 5) is 49.3. The molecule has 0 spiro atoms. The highest BCUT2D eigenvalue weighted by molar-refractivity contribution is 6.37. The van der Waals surface area contributed by atoms with Crippen LogP contribution in [0.2, 0.25) is 10.0 Å². The smallest absolute Gasteiger partial charge is 0.358 e. The summed E-state index contributed by atoms with van der Waals surface area (Å²) >= 11 is 12.1. The van der Waals surface area contributed by atoms with Crippen molar-refractivity contribution < 1.29 is 23.9 Å². The van der Waals surface area contributed by atoms with Crippen LogP contribution >= 0.6 is 23.2 Å². The number of urea groups is 1. The van der Waals surface area contributed by atoms with E-state index in [2.05, 4.69) is 5.43 Å². The van der Waals surface area contributed by atoms with Crippen LogP contribution in [0, 0.1) is 0 Å². The topological polar surface area (TPSA) is 99.3 Å². The van der Waals surface area contributed by atoms with E-state index in [4.69, 9.17) is 27.9 Å². The van der Waals surface area contributed by atoms with E-state index in [1.807, 2.05) is 0 Å². The van der Waals surface area contributed by atoms with Crippen molar-refractivity contribution in [3.63, 3.8) is 0 Å². The average molecular weight is 429 g/mol. The first-order valence-corrected chi connectivity index (χ1v) is 9.33. The van der Waals surface area contributed by atoms with Crippen molar-refractivity contribution in [1.29, 1.82) is 0 Å². The Morgan fingerprint density at radius 3 is 2.54 bits per heavy atom. The fourth-order valence-electron chi connectivity index (χ4n) is 3.21. The van der Waals surface area contributed by atoms with Crippen LogP contribution in [0.3, 0.4) is 0 Å². The number of halogens is 2. The van der Waals surface area contributed by atoms with Crippen LogP contribution in [-0.4, -0.2) is 65.4 Å². The highest BCUT2D eigenvalue weighted by Gasteiger charge is 2.41. The van der Waals surface area contributed by atoms with Crippen molar-refractivity contribution in [3.05, 3.63) is 27.7 Å². The molecular weight excluding hydrogens is 411 g/mol. The lowest BCUT2D eigenvalue weighted by Crippen LogP contribution is -2.61. The van der Waals surface area contributed by atoms with Gasteiger partial charge in [0.2, 0.25) is 5.91 Å². The Kier molecular flexibility index (Phi) is 5.95. The van der Waals surface area contributed by atoms with E-state index >= 15 is 0 Å². The predicted molar refractivity (Wildman–Crippen MR) is 99.8 cm³/mol. The molecule has 9 nitrogen and oxygen atoms in total. The van der Waals surface area contributed by atoms with Crippen LogP contribution < -0.4 is 10.2 Å². The van der Waals surface area contributed by atoms with Gasteiger partial charge in [0.15, 0.2) is 5.75 Å². The first kappa shape index (κ1) is 20.2. The maximum absolute atomic E-state index is 12.9. The summed E-state index contributed by atoms with van der Waals surface area (Å²) in [5.74, 6) is -0.693. The molecular formula is C17H18Cl2N4O5. The normalized spacial score (nSPS) is 19.8. The van der Waals surface area contributed by atoms with E-state index in [9.17, 15) is 19.2 Å². The minimum atomic E-state index is -0.757. The summed E-state index contributed by atoms with van der Waals surface area (Å²) in [5, 5.41) is 3.69. The standard InChI is InChI=1S/C17H18Cl2N4O5/c1-28-15-12(18)7-10(8-13(15)19)16(26)20-21-6-4-14(25)22-5-2-3-11(9-24)23(22)17(21)27/h7-9,11H,2-6H2,1H3,(H,20,26)/t11-/m0/s1. The van der Waals surface area contributed by atoms with Crippen LogP contribution in [0.1, 0.15) is 29.6 Å². The Morgan fingerprint density at radius 1 is 1.25 bits per heavy atom. The number of aldehydes is 1. The van der Waals surface area contributed by atoms with Gasteiger partial charge in [0.05, 0.1) is 23.7 Å².